The molecule has 24 heavy (non-hydrogen) atoms. The van der Waals surface area contributed by atoms with Crippen LogP contribution in [0.5, 0.6) is 11.5 Å². The molecule has 0 radical (unpaired) electrons. The zero-order chi connectivity index (χ0) is 17.1. The molecule has 2 aromatic rings. The predicted octanol–water partition coefficient (Wildman–Crippen LogP) is 4.23. The Bertz CT molecular complexity index is 726. The van der Waals surface area contributed by atoms with Gasteiger partial charge in [-0.05, 0) is 31.0 Å². The van der Waals surface area contributed by atoms with Crippen molar-refractivity contribution in [2.75, 3.05) is 12.4 Å². The van der Waals surface area contributed by atoms with Gasteiger partial charge in [0, 0.05) is 24.1 Å². The quantitative estimate of drug-likeness (QED) is 0.753. The SMILES string of the molecule is COc1ccc(OC(F)F)c(CNc2cc(Cl)nc(C3CC3)n2)c1. The number of aromatic nitrogens is 2. The zero-order valence-corrected chi connectivity index (χ0v) is 13.7. The first kappa shape index (κ1) is 16.7. The number of halogens is 3. The van der Waals surface area contributed by atoms with Gasteiger partial charge in [-0.2, -0.15) is 8.78 Å². The lowest BCUT2D eigenvalue weighted by molar-refractivity contribution is -0.0504. The van der Waals surface area contributed by atoms with Gasteiger partial charge in [-0.25, -0.2) is 9.97 Å². The van der Waals surface area contributed by atoms with E-state index < -0.39 is 6.61 Å². The topological polar surface area (TPSA) is 56.3 Å². The Morgan fingerprint density at radius 1 is 1.29 bits per heavy atom. The molecule has 1 fully saturated rings. The molecule has 1 aromatic heterocycles. The van der Waals surface area contributed by atoms with E-state index in [-0.39, 0.29) is 12.3 Å². The number of nitrogens with one attached hydrogen (secondary N) is 1. The second kappa shape index (κ2) is 7.17. The number of ether oxygens (including phenoxy) is 2. The summed E-state index contributed by atoms with van der Waals surface area (Å²) in [5, 5.41) is 3.42. The summed E-state index contributed by atoms with van der Waals surface area (Å²) in [7, 11) is 1.51. The molecular formula is C16H16ClF2N3O2. The van der Waals surface area contributed by atoms with Gasteiger partial charge in [-0.15, -0.1) is 0 Å². The van der Waals surface area contributed by atoms with Crippen molar-refractivity contribution >= 4 is 17.4 Å². The van der Waals surface area contributed by atoms with Crippen molar-refractivity contribution < 1.29 is 18.3 Å². The summed E-state index contributed by atoms with van der Waals surface area (Å²) in [5.41, 5.74) is 0.525. The number of benzene rings is 1. The van der Waals surface area contributed by atoms with E-state index in [4.69, 9.17) is 16.3 Å². The molecule has 1 aromatic carbocycles. The average Bonchev–Trinajstić information content (AvgIpc) is 3.38. The first-order valence-corrected chi connectivity index (χ1v) is 7.83. The summed E-state index contributed by atoms with van der Waals surface area (Å²) < 4.78 is 34.7. The van der Waals surface area contributed by atoms with E-state index in [0.29, 0.717) is 34.0 Å². The monoisotopic (exact) mass is 355 g/mol. The first-order chi connectivity index (χ1) is 11.5. The maximum absolute atomic E-state index is 12.5. The van der Waals surface area contributed by atoms with Gasteiger partial charge in [0.1, 0.15) is 28.3 Å². The minimum absolute atomic E-state index is 0.0841. The standard InChI is InChI=1S/C16H16ClF2N3O2/c1-23-11-4-5-12(24-16(18)19)10(6-11)8-20-14-7-13(17)21-15(22-14)9-2-3-9/h4-7,9,16H,2-3,8H2,1H3,(H,20,21,22). The van der Waals surface area contributed by atoms with Gasteiger partial charge in [0.2, 0.25) is 0 Å². The van der Waals surface area contributed by atoms with Gasteiger partial charge < -0.3 is 14.8 Å². The van der Waals surface area contributed by atoms with Crippen LogP contribution >= 0.6 is 11.6 Å². The third kappa shape index (κ3) is 4.23. The second-order valence-electron chi connectivity index (χ2n) is 5.41. The van der Waals surface area contributed by atoms with E-state index in [9.17, 15) is 8.78 Å². The molecule has 1 aliphatic carbocycles. The lowest BCUT2D eigenvalue weighted by Crippen LogP contribution is -2.09. The van der Waals surface area contributed by atoms with E-state index >= 15 is 0 Å². The van der Waals surface area contributed by atoms with Crippen LogP contribution in [0.1, 0.15) is 30.1 Å². The molecule has 0 unspecified atom stereocenters. The Labute approximate surface area is 143 Å². The van der Waals surface area contributed by atoms with Crippen LogP contribution < -0.4 is 14.8 Å². The van der Waals surface area contributed by atoms with E-state index in [0.717, 1.165) is 12.8 Å². The zero-order valence-electron chi connectivity index (χ0n) is 12.9. The molecule has 0 atom stereocenters. The summed E-state index contributed by atoms with van der Waals surface area (Å²) in [6, 6.07) is 6.25. The fraction of sp³-hybridized carbons (Fsp3) is 0.375. The number of hydrogen-bond acceptors (Lipinski definition) is 5. The average molecular weight is 356 g/mol. The van der Waals surface area contributed by atoms with Crippen LogP contribution in [0.3, 0.4) is 0 Å². The minimum Gasteiger partial charge on any atom is -0.497 e. The predicted molar refractivity (Wildman–Crippen MR) is 86.0 cm³/mol. The highest BCUT2D eigenvalue weighted by atomic mass is 35.5. The molecule has 5 nitrogen and oxygen atoms in total. The third-order valence-electron chi connectivity index (χ3n) is 3.60. The molecule has 0 amide bonds. The number of nitrogens with zero attached hydrogens (tertiary/aromatic N) is 2. The largest absolute Gasteiger partial charge is 0.497 e. The van der Waals surface area contributed by atoms with Gasteiger partial charge in [0.05, 0.1) is 7.11 Å². The van der Waals surface area contributed by atoms with E-state index in [1.807, 2.05) is 0 Å². The summed E-state index contributed by atoms with van der Waals surface area (Å²) in [4.78, 5) is 8.62. The second-order valence-corrected chi connectivity index (χ2v) is 5.80. The lowest BCUT2D eigenvalue weighted by atomic mass is 10.2. The van der Waals surface area contributed by atoms with Crippen molar-refractivity contribution in [3.05, 3.63) is 40.8 Å². The highest BCUT2D eigenvalue weighted by molar-refractivity contribution is 6.29. The molecule has 0 aliphatic heterocycles. The Morgan fingerprint density at radius 3 is 2.75 bits per heavy atom. The smallest absolute Gasteiger partial charge is 0.387 e. The van der Waals surface area contributed by atoms with Gasteiger partial charge in [-0.3, -0.25) is 0 Å². The molecule has 0 spiro atoms. The van der Waals surface area contributed by atoms with Gasteiger partial charge in [0.25, 0.3) is 0 Å². The molecule has 1 saturated carbocycles. The fourth-order valence-corrected chi connectivity index (χ4v) is 2.46. The van der Waals surface area contributed by atoms with Crippen LogP contribution in [0.15, 0.2) is 24.3 Å². The number of methoxy groups -OCH3 is 1. The third-order valence-corrected chi connectivity index (χ3v) is 3.79. The highest BCUT2D eigenvalue weighted by Gasteiger charge is 2.27. The molecule has 8 heteroatoms. The van der Waals surface area contributed by atoms with Gasteiger partial charge in [-0.1, -0.05) is 11.6 Å². The maximum atomic E-state index is 12.5. The van der Waals surface area contributed by atoms with E-state index in [1.165, 1.54) is 13.2 Å². The van der Waals surface area contributed by atoms with Crippen LogP contribution in [0.25, 0.3) is 0 Å². The Hall–Kier alpha value is -2.15. The van der Waals surface area contributed by atoms with Crippen LogP contribution in [0.2, 0.25) is 5.15 Å². The molecule has 0 saturated heterocycles. The summed E-state index contributed by atoms with van der Waals surface area (Å²) in [6.45, 7) is -2.66. The van der Waals surface area contributed by atoms with Crippen molar-refractivity contribution in [2.24, 2.45) is 0 Å². The van der Waals surface area contributed by atoms with Crippen molar-refractivity contribution in [1.82, 2.24) is 9.97 Å². The lowest BCUT2D eigenvalue weighted by Gasteiger charge is -2.13. The molecule has 3 rings (SSSR count). The van der Waals surface area contributed by atoms with E-state index in [2.05, 4.69) is 20.0 Å². The Balaban J connectivity index is 1.77. The van der Waals surface area contributed by atoms with Crippen LogP contribution in [-0.4, -0.2) is 23.7 Å². The minimum atomic E-state index is -2.90. The normalized spacial score (nSPS) is 13.9. The van der Waals surface area contributed by atoms with Crippen LogP contribution in [-0.2, 0) is 6.54 Å². The highest BCUT2D eigenvalue weighted by Crippen LogP contribution is 2.38. The summed E-state index contributed by atoms with van der Waals surface area (Å²) in [6.07, 6.45) is 2.12. The van der Waals surface area contributed by atoms with Crippen molar-refractivity contribution in [1.29, 1.82) is 0 Å². The van der Waals surface area contributed by atoms with Crippen molar-refractivity contribution in [2.45, 2.75) is 31.9 Å². The van der Waals surface area contributed by atoms with Gasteiger partial charge >= 0.3 is 6.61 Å². The summed E-state index contributed by atoms with van der Waals surface area (Å²) in [5.74, 6) is 2.25. The van der Waals surface area contributed by atoms with Gasteiger partial charge in [0.15, 0.2) is 0 Å². The van der Waals surface area contributed by atoms with Crippen LogP contribution in [0.4, 0.5) is 14.6 Å². The Morgan fingerprint density at radius 2 is 2.08 bits per heavy atom. The van der Waals surface area contributed by atoms with Crippen molar-refractivity contribution in [3.63, 3.8) is 0 Å². The molecule has 128 valence electrons. The molecule has 1 N–H and O–H groups in total. The van der Waals surface area contributed by atoms with Crippen LogP contribution in [0, 0.1) is 0 Å². The molecule has 1 aliphatic rings. The Kier molecular flexibility index (Phi) is 4.99. The summed E-state index contributed by atoms with van der Waals surface area (Å²) >= 11 is 6.02. The number of anilines is 1. The molecule has 1 heterocycles. The van der Waals surface area contributed by atoms with E-state index in [1.54, 1.807) is 18.2 Å². The number of hydrogen-bond donors (Lipinski definition) is 1. The first-order valence-electron chi connectivity index (χ1n) is 7.45. The maximum Gasteiger partial charge on any atom is 0.387 e. The molecular weight excluding hydrogens is 340 g/mol. The molecule has 0 bridgehead atoms. The van der Waals surface area contributed by atoms with Crippen molar-refractivity contribution in [3.8, 4) is 11.5 Å². The number of alkyl halides is 2. The fourth-order valence-electron chi connectivity index (χ4n) is 2.27. The number of rotatable bonds is 7.